The Kier molecular flexibility index (Phi) is 13.0. The molecule has 51 heavy (non-hydrogen) atoms. The molecule has 0 atom stereocenters. The van der Waals surface area contributed by atoms with Crippen LogP contribution in [0.3, 0.4) is 0 Å². The average molecular weight is 691 g/mol. The molecular weight excluding hydrogens is 652 g/mol. The molecule has 0 bridgehead atoms. The molecule has 262 valence electrons. The number of allylic oxidation sites excluding steroid dienone is 1. The largest absolute Gasteiger partial charge is 0.457 e. The summed E-state index contributed by atoms with van der Waals surface area (Å²) in [6, 6.07) is 25.6. The highest BCUT2D eigenvalue weighted by Crippen LogP contribution is 2.26. The third-order valence-corrected chi connectivity index (χ3v) is 7.88. The number of rotatable bonds is 16. The molecule has 0 radical (unpaired) electrons. The summed E-state index contributed by atoms with van der Waals surface area (Å²) in [6.45, 7) is 5.48. The van der Waals surface area contributed by atoms with E-state index in [4.69, 9.17) is 9.47 Å². The lowest BCUT2D eigenvalue weighted by Gasteiger charge is -2.20. The second kappa shape index (κ2) is 17.7. The maximum absolute atomic E-state index is 11.7. The highest BCUT2D eigenvalue weighted by atomic mass is 16.6. The molecule has 12 nitrogen and oxygen atoms in total. The van der Waals surface area contributed by atoms with Crippen LogP contribution in [0.2, 0.25) is 0 Å². The van der Waals surface area contributed by atoms with Gasteiger partial charge in [0.15, 0.2) is 0 Å². The van der Waals surface area contributed by atoms with Crippen LogP contribution in [0.4, 0.5) is 22.7 Å². The van der Waals surface area contributed by atoms with Crippen molar-refractivity contribution in [1.82, 2.24) is 0 Å². The number of nitro groups is 2. The van der Waals surface area contributed by atoms with Gasteiger partial charge in [-0.1, -0.05) is 61.2 Å². The van der Waals surface area contributed by atoms with Crippen molar-refractivity contribution in [2.24, 2.45) is 0 Å². The number of hydrogen-bond donors (Lipinski definition) is 0. The SMILES string of the molecule is C=CC(=O)OCc1ccc(CN(C)c2ccc(C=Cc3ccc(N(C)Cc4ccc(COC(=O)C=CC)c([N+](=O)[O-])c4)cc3)cc2)cc1[N+](=O)[O-]. The quantitative estimate of drug-likeness (QED) is 0.0375. The first-order chi connectivity index (χ1) is 24.5. The highest BCUT2D eigenvalue weighted by molar-refractivity contribution is 5.82. The van der Waals surface area contributed by atoms with Crippen molar-refractivity contribution >= 4 is 46.8 Å². The Hall–Kier alpha value is -6.56. The first kappa shape index (κ1) is 37.3. The topological polar surface area (TPSA) is 145 Å². The zero-order chi connectivity index (χ0) is 36.9. The van der Waals surface area contributed by atoms with Crippen molar-refractivity contribution in [2.45, 2.75) is 33.2 Å². The summed E-state index contributed by atoms with van der Waals surface area (Å²) in [4.78, 5) is 49.3. The summed E-state index contributed by atoms with van der Waals surface area (Å²) in [6.07, 6.45) is 7.81. The molecular formula is C39H38N4O8. The lowest BCUT2D eigenvalue weighted by molar-refractivity contribution is -0.386. The smallest absolute Gasteiger partial charge is 0.330 e. The average Bonchev–Trinajstić information content (AvgIpc) is 3.13. The van der Waals surface area contributed by atoms with Gasteiger partial charge >= 0.3 is 11.9 Å². The standard InChI is InChI=1S/C39H38N4O8/c1-5-7-39(45)51-27-33-17-11-31(23-37(33)43(48)49)25-41(4)35-20-14-29(15-21-35)9-8-28-12-18-34(19-13-28)40(3)24-30-10-16-32(26-50-38(44)6-2)36(22-30)42(46)47/h5-23H,2,24-27H2,1,3-4H3. The molecule has 0 N–H and O–H groups in total. The van der Waals surface area contributed by atoms with Crippen molar-refractivity contribution in [2.75, 3.05) is 23.9 Å². The second-order valence-corrected chi connectivity index (χ2v) is 11.6. The van der Waals surface area contributed by atoms with Crippen LogP contribution in [0.25, 0.3) is 12.2 Å². The van der Waals surface area contributed by atoms with E-state index in [0.29, 0.717) is 24.2 Å². The fourth-order valence-electron chi connectivity index (χ4n) is 5.14. The van der Waals surface area contributed by atoms with Gasteiger partial charge in [0.2, 0.25) is 0 Å². The predicted molar refractivity (Wildman–Crippen MR) is 197 cm³/mol. The minimum Gasteiger partial charge on any atom is -0.457 e. The van der Waals surface area contributed by atoms with Gasteiger partial charge in [-0.25, -0.2) is 9.59 Å². The third kappa shape index (κ3) is 10.7. The Morgan fingerprint density at radius 1 is 0.686 bits per heavy atom. The normalized spacial score (nSPS) is 11.0. The van der Waals surface area contributed by atoms with E-state index < -0.39 is 21.8 Å². The molecule has 0 heterocycles. The van der Waals surface area contributed by atoms with Crippen molar-refractivity contribution < 1.29 is 28.9 Å². The van der Waals surface area contributed by atoms with E-state index in [-0.39, 0.29) is 24.6 Å². The van der Waals surface area contributed by atoms with Crippen molar-refractivity contribution in [1.29, 1.82) is 0 Å². The van der Waals surface area contributed by atoms with Gasteiger partial charge in [0, 0.05) is 62.8 Å². The molecule has 4 aromatic rings. The minimum absolute atomic E-state index is 0.0997. The number of nitro benzene ring substituents is 2. The number of nitrogens with zero attached hydrogens (tertiary/aromatic N) is 4. The van der Waals surface area contributed by atoms with Gasteiger partial charge < -0.3 is 19.3 Å². The number of ether oxygens (including phenoxy) is 2. The monoisotopic (exact) mass is 690 g/mol. The van der Waals surface area contributed by atoms with Gasteiger partial charge in [-0.15, -0.1) is 0 Å². The Morgan fingerprint density at radius 2 is 1.10 bits per heavy atom. The summed E-state index contributed by atoms with van der Waals surface area (Å²) < 4.78 is 10.1. The molecule has 0 aliphatic carbocycles. The zero-order valence-corrected chi connectivity index (χ0v) is 28.6. The molecule has 4 aromatic carbocycles. The predicted octanol–water partition coefficient (Wildman–Crippen LogP) is 7.79. The number of benzene rings is 4. The molecule has 0 aromatic heterocycles. The van der Waals surface area contributed by atoms with E-state index in [1.807, 2.05) is 84.6 Å². The second-order valence-electron chi connectivity index (χ2n) is 11.6. The molecule has 0 saturated heterocycles. The fourth-order valence-corrected chi connectivity index (χ4v) is 5.14. The summed E-state index contributed by atoms with van der Waals surface area (Å²) in [7, 11) is 3.80. The van der Waals surface area contributed by atoms with Gasteiger partial charge in [0.1, 0.15) is 13.2 Å². The molecule has 0 amide bonds. The van der Waals surface area contributed by atoms with Gasteiger partial charge in [-0.2, -0.15) is 0 Å². The Morgan fingerprint density at radius 3 is 1.47 bits per heavy atom. The van der Waals surface area contributed by atoms with E-state index in [9.17, 15) is 29.8 Å². The highest BCUT2D eigenvalue weighted by Gasteiger charge is 2.18. The molecule has 4 rings (SSSR count). The van der Waals surface area contributed by atoms with E-state index in [1.165, 1.54) is 18.2 Å². The van der Waals surface area contributed by atoms with Crippen LogP contribution >= 0.6 is 0 Å². The third-order valence-electron chi connectivity index (χ3n) is 7.88. The van der Waals surface area contributed by atoms with E-state index in [1.54, 1.807) is 37.3 Å². The Balaban J connectivity index is 1.34. The van der Waals surface area contributed by atoms with Crippen LogP contribution in [0, 0.1) is 20.2 Å². The van der Waals surface area contributed by atoms with Crippen LogP contribution in [0.15, 0.2) is 110 Å². The van der Waals surface area contributed by atoms with E-state index in [0.717, 1.165) is 39.7 Å². The number of esters is 2. The van der Waals surface area contributed by atoms with Crippen LogP contribution in [-0.4, -0.2) is 35.9 Å². The maximum Gasteiger partial charge on any atom is 0.330 e. The zero-order valence-electron chi connectivity index (χ0n) is 28.6. The number of anilines is 2. The molecule has 0 spiro atoms. The summed E-state index contributed by atoms with van der Waals surface area (Å²) in [5.74, 6) is -1.21. The van der Waals surface area contributed by atoms with Gasteiger partial charge in [-0.05, 0) is 65.6 Å². The Labute approximate surface area is 295 Å². The number of carbonyl (C=O) groups excluding carboxylic acids is 2. The summed E-state index contributed by atoms with van der Waals surface area (Å²) in [5.41, 5.74) is 5.74. The first-order valence-electron chi connectivity index (χ1n) is 15.9. The molecule has 0 aliphatic rings. The van der Waals surface area contributed by atoms with Gasteiger partial charge in [-0.3, -0.25) is 20.2 Å². The molecule has 0 unspecified atom stereocenters. The van der Waals surface area contributed by atoms with E-state index in [2.05, 4.69) is 6.58 Å². The lowest BCUT2D eigenvalue weighted by atomic mass is 10.1. The Bertz CT molecular complexity index is 1950. The minimum atomic E-state index is -0.648. The molecule has 0 aliphatic heterocycles. The molecule has 0 saturated carbocycles. The summed E-state index contributed by atoms with van der Waals surface area (Å²) >= 11 is 0. The van der Waals surface area contributed by atoms with Crippen LogP contribution in [0.1, 0.15) is 40.3 Å². The van der Waals surface area contributed by atoms with E-state index >= 15 is 0 Å². The lowest BCUT2D eigenvalue weighted by Crippen LogP contribution is -2.16. The van der Waals surface area contributed by atoms with Crippen LogP contribution in [-0.2, 0) is 45.4 Å². The molecule has 12 heteroatoms. The van der Waals surface area contributed by atoms with Crippen LogP contribution < -0.4 is 9.80 Å². The van der Waals surface area contributed by atoms with Crippen molar-refractivity contribution in [3.63, 3.8) is 0 Å². The van der Waals surface area contributed by atoms with Gasteiger partial charge in [0.05, 0.1) is 21.0 Å². The van der Waals surface area contributed by atoms with Crippen molar-refractivity contribution in [3.8, 4) is 0 Å². The van der Waals surface area contributed by atoms with Gasteiger partial charge in [0.25, 0.3) is 11.4 Å². The van der Waals surface area contributed by atoms with Crippen LogP contribution in [0.5, 0.6) is 0 Å². The number of hydrogen-bond acceptors (Lipinski definition) is 10. The maximum atomic E-state index is 11.7. The first-order valence-corrected chi connectivity index (χ1v) is 15.9. The molecule has 0 fully saturated rings. The van der Waals surface area contributed by atoms with Crippen molar-refractivity contribution in [3.05, 3.63) is 163 Å². The summed E-state index contributed by atoms with van der Waals surface area (Å²) in [5, 5.41) is 23.3. The number of carbonyl (C=O) groups is 2. The fraction of sp³-hybridized carbons (Fsp3) is 0.179.